The van der Waals surface area contributed by atoms with E-state index in [0.29, 0.717) is 29.4 Å². The van der Waals surface area contributed by atoms with Crippen LogP contribution >= 0.6 is 22.9 Å². The van der Waals surface area contributed by atoms with Crippen molar-refractivity contribution in [2.24, 2.45) is 0 Å². The van der Waals surface area contributed by atoms with Gasteiger partial charge in [-0.25, -0.2) is 4.68 Å². The molecule has 0 spiro atoms. The molecule has 1 fully saturated rings. The minimum atomic E-state index is -0.0432. The number of methoxy groups -OCH3 is 1. The number of piperazine rings is 1. The van der Waals surface area contributed by atoms with Gasteiger partial charge in [0.15, 0.2) is 10.8 Å². The SMILES string of the molecule is COc1cc(Cl)ccc1C(=O)N1CCN(c2nc3c(s2)c(C)nn3-c2ccc(C)cc2)CC1. The molecule has 0 unspecified atom stereocenters. The summed E-state index contributed by atoms with van der Waals surface area (Å²) in [5.41, 5.74) is 4.59. The first-order valence-corrected chi connectivity index (χ1v) is 11.9. The fourth-order valence-corrected chi connectivity index (χ4v) is 5.24. The molecule has 5 rings (SSSR count). The number of hydrogen-bond acceptors (Lipinski definition) is 6. The maximum absolute atomic E-state index is 13.1. The molecule has 3 heterocycles. The van der Waals surface area contributed by atoms with Gasteiger partial charge in [-0.2, -0.15) is 10.1 Å². The molecular formula is C24H24ClN5O2S. The zero-order valence-electron chi connectivity index (χ0n) is 18.7. The van der Waals surface area contributed by atoms with Gasteiger partial charge >= 0.3 is 0 Å². The van der Waals surface area contributed by atoms with E-state index in [1.807, 2.05) is 16.5 Å². The molecule has 2 aromatic carbocycles. The molecule has 0 saturated carbocycles. The maximum Gasteiger partial charge on any atom is 0.257 e. The summed E-state index contributed by atoms with van der Waals surface area (Å²) in [7, 11) is 1.55. The van der Waals surface area contributed by atoms with E-state index in [0.717, 1.165) is 39.9 Å². The second-order valence-electron chi connectivity index (χ2n) is 8.11. The molecule has 2 aromatic heterocycles. The largest absolute Gasteiger partial charge is 0.496 e. The van der Waals surface area contributed by atoms with Crippen molar-refractivity contribution >= 4 is 44.3 Å². The van der Waals surface area contributed by atoms with Gasteiger partial charge in [0.05, 0.1) is 28.8 Å². The van der Waals surface area contributed by atoms with Gasteiger partial charge in [-0.3, -0.25) is 4.79 Å². The summed E-state index contributed by atoms with van der Waals surface area (Å²) in [6.07, 6.45) is 0. The quantitative estimate of drug-likeness (QED) is 0.422. The molecule has 1 aliphatic rings. The molecule has 1 saturated heterocycles. The Morgan fingerprint density at radius 1 is 1.06 bits per heavy atom. The number of fused-ring (bicyclic) bond motifs is 1. The van der Waals surface area contributed by atoms with Crippen LogP contribution in [0.25, 0.3) is 16.0 Å². The lowest BCUT2D eigenvalue weighted by Gasteiger charge is -2.34. The summed E-state index contributed by atoms with van der Waals surface area (Å²) >= 11 is 7.70. The average Bonchev–Trinajstić information content (AvgIpc) is 3.40. The van der Waals surface area contributed by atoms with E-state index in [9.17, 15) is 4.79 Å². The van der Waals surface area contributed by atoms with Crippen LogP contribution in [0.4, 0.5) is 5.13 Å². The Balaban J connectivity index is 1.34. The van der Waals surface area contributed by atoms with Gasteiger partial charge in [0, 0.05) is 31.2 Å². The smallest absolute Gasteiger partial charge is 0.257 e. The van der Waals surface area contributed by atoms with Gasteiger partial charge < -0.3 is 14.5 Å². The molecule has 9 heteroatoms. The average molecular weight is 482 g/mol. The van der Waals surface area contributed by atoms with Crippen molar-refractivity contribution in [3.8, 4) is 11.4 Å². The number of benzene rings is 2. The maximum atomic E-state index is 13.1. The topological polar surface area (TPSA) is 63.5 Å². The van der Waals surface area contributed by atoms with Crippen molar-refractivity contribution in [3.63, 3.8) is 0 Å². The third kappa shape index (κ3) is 4.05. The summed E-state index contributed by atoms with van der Waals surface area (Å²) in [5.74, 6) is 0.454. The van der Waals surface area contributed by atoms with Gasteiger partial charge in [0.1, 0.15) is 5.75 Å². The Labute approximate surface area is 201 Å². The molecule has 170 valence electrons. The van der Waals surface area contributed by atoms with Crippen LogP contribution in [0.2, 0.25) is 5.02 Å². The van der Waals surface area contributed by atoms with Gasteiger partial charge in [0.25, 0.3) is 5.91 Å². The first kappa shape index (κ1) is 21.7. The molecular weight excluding hydrogens is 458 g/mol. The monoisotopic (exact) mass is 481 g/mol. The predicted octanol–water partition coefficient (Wildman–Crippen LogP) is 4.72. The van der Waals surface area contributed by atoms with E-state index in [-0.39, 0.29) is 5.91 Å². The standard InChI is InChI=1S/C24H24ClN5O2S/c1-15-4-7-18(8-5-15)30-22-21(16(2)27-30)33-24(26-22)29-12-10-28(11-13-29)23(31)19-9-6-17(25)14-20(19)32-3/h4-9,14H,10-13H2,1-3H3. The third-order valence-corrected chi connectivity index (χ3v) is 7.34. The number of halogens is 1. The number of carbonyl (C=O) groups excluding carboxylic acids is 1. The normalized spacial score (nSPS) is 14.2. The van der Waals surface area contributed by atoms with Crippen LogP contribution in [0, 0.1) is 13.8 Å². The Morgan fingerprint density at radius 2 is 1.79 bits per heavy atom. The number of rotatable bonds is 4. The van der Waals surface area contributed by atoms with Crippen molar-refractivity contribution in [2.75, 3.05) is 38.2 Å². The molecule has 0 radical (unpaired) electrons. The summed E-state index contributed by atoms with van der Waals surface area (Å²) < 4.78 is 8.37. The van der Waals surface area contributed by atoms with Crippen molar-refractivity contribution in [1.29, 1.82) is 0 Å². The molecule has 1 amide bonds. The molecule has 33 heavy (non-hydrogen) atoms. The van der Waals surface area contributed by atoms with E-state index >= 15 is 0 Å². The number of hydrogen-bond donors (Lipinski definition) is 0. The fraction of sp³-hybridized carbons (Fsp3) is 0.292. The summed E-state index contributed by atoms with van der Waals surface area (Å²) in [5, 5.41) is 6.20. The van der Waals surface area contributed by atoms with E-state index in [4.69, 9.17) is 26.4 Å². The van der Waals surface area contributed by atoms with Crippen LogP contribution in [0.15, 0.2) is 42.5 Å². The number of ether oxygens (including phenoxy) is 1. The molecule has 4 aromatic rings. The van der Waals surface area contributed by atoms with Crippen LogP contribution in [0.3, 0.4) is 0 Å². The highest BCUT2D eigenvalue weighted by atomic mass is 35.5. The van der Waals surface area contributed by atoms with Gasteiger partial charge in [-0.15, -0.1) is 0 Å². The number of aromatic nitrogens is 3. The van der Waals surface area contributed by atoms with Crippen LogP contribution in [-0.2, 0) is 0 Å². The van der Waals surface area contributed by atoms with Crippen molar-refractivity contribution in [2.45, 2.75) is 13.8 Å². The van der Waals surface area contributed by atoms with E-state index in [1.54, 1.807) is 36.6 Å². The van der Waals surface area contributed by atoms with Gasteiger partial charge in [-0.05, 0) is 44.2 Å². The lowest BCUT2D eigenvalue weighted by Crippen LogP contribution is -2.48. The first-order valence-electron chi connectivity index (χ1n) is 10.8. The summed E-state index contributed by atoms with van der Waals surface area (Å²) in [6.45, 7) is 6.75. The molecule has 0 aliphatic carbocycles. The van der Waals surface area contributed by atoms with E-state index < -0.39 is 0 Å². The summed E-state index contributed by atoms with van der Waals surface area (Å²) in [4.78, 5) is 22.1. The van der Waals surface area contributed by atoms with E-state index in [1.165, 1.54) is 5.56 Å². The number of carbonyl (C=O) groups is 1. The van der Waals surface area contributed by atoms with Crippen LogP contribution < -0.4 is 9.64 Å². The van der Waals surface area contributed by atoms with Crippen LogP contribution in [0.5, 0.6) is 5.75 Å². The molecule has 7 nitrogen and oxygen atoms in total. The minimum Gasteiger partial charge on any atom is -0.496 e. The highest BCUT2D eigenvalue weighted by Crippen LogP contribution is 2.33. The Morgan fingerprint density at radius 3 is 2.48 bits per heavy atom. The lowest BCUT2D eigenvalue weighted by atomic mass is 10.1. The zero-order chi connectivity index (χ0) is 23.1. The number of anilines is 1. The van der Waals surface area contributed by atoms with Crippen LogP contribution in [-0.4, -0.2) is 58.9 Å². The number of nitrogens with zero attached hydrogens (tertiary/aromatic N) is 5. The van der Waals surface area contributed by atoms with Gasteiger partial charge in [0.2, 0.25) is 0 Å². The first-order chi connectivity index (χ1) is 15.9. The predicted molar refractivity (Wildman–Crippen MR) is 132 cm³/mol. The second-order valence-corrected chi connectivity index (χ2v) is 9.52. The number of thiazole rings is 1. The Kier molecular flexibility index (Phi) is 5.72. The second kappa shape index (κ2) is 8.68. The van der Waals surface area contributed by atoms with Crippen molar-refractivity contribution in [3.05, 3.63) is 64.3 Å². The fourth-order valence-electron chi connectivity index (χ4n) is 4.04. The summed E-state index contributed by atoms with van der Waals surface area (Å²) in [6, 6.07) is 13.4. The highest BCUT2D eigenvalue weighted by molar-refractivity contribution is 7.22. The highest BCUT2D eigenvalue weighted by Gasteiger charge is 2.27. The number of aryl methyl sites for hydroxylation is 2. The molecule has 0 N–H and O–H groups in total. The van der Waals surface area contributed by atoms with Crippen molar-refractivity contribution < 1.29 is 9.53 Å². The lowest BCUT2D eigenvalue weighted by molar-refractivity contribution is 0.0743. The van der Waals surface area contributed by atoms with Gasteiger partial charge in [-0.1, -0.05) is 40.6 Å². The Bertz CT molecular complexity index is 1320. The Hall–Kier alpha value is -3.10. The molecule has 1 aliphatic heterocycles. The van der Waals surface area contributed by atoms with E-state index in [2.05, 4.69) is 36.1 Å². The van der Waals surface area contributed by atoms with Crippen molar-refractivity contribution in [1.82, 2.24) is 19.7 Å². The molecule has 0 atom stereocenters. The zero-order valence-corrected chi connectivity index (χ0v) is 20.3. The minimum absolute atomic E-state index is 0.0432. The van der Waals surface area contributed by atoms with Crippen LogP contribution in [0.1, 0.15) is 21.6 Å². The molecule has 0 bridgehead atoms. The third-order valence-electron chi connectivity index (χ3n) is 5.89. The number of amides is 1.